The molecule has 5 nitrogen and oxygen atoms in total. The molecule has 0 spiro atoms. The van der Waals surface area contributed by atoms with Gasteiger partial charge in [-0.2, -0.15) is 10.1 Å². The summed E-state index contributed by atoms with van der Waals surface area (Å²) in [4.78, 5) is 4.09. The molecule has 18 heavy (non-hydrogen) atoms. The van der Waals surface area contributed by atoms with Crippen molar-refractivity contribution in [3.8, 4) is 17.3 Å². The molecule has 0 atom stereocenters. The van der Waals surface area contributed by atoms with Crippen LogP contribution in [0.1, 0.15) is 5.82 Å². The molecule has 3 aromatic rings. The number of halogens is 1. The Balaban J connectivity index is 1.96. The fraction of sp³-hybridized carbons (Fsp3) is 0.0833. The highest BCUT2D eigenvalue weighted by Crippen LogP contribution is 2.16. The number of aromatic nitrogens is 4. The zero-order valence-electron chi connectivity index (χ0n) is 9.54. The molecule has 2 aromatic heterocycles. The van der Waals surface area contributed by atoms with Gasteiger partial charge in [0, 0.05) is 6.20 Å². The van der Waals surface area contributed by atoms with E-state index in [0.717, 1.165) is 5.69 Å². The Hall–Kier alpha value is -2.50. The van der Waals surface area contributed by atoms with Crippen molar-refractivity contribution >= 4 is 0 Å². The Morgan fingerprint density at radius 3 is 2.61 bits per heavy atom. The highest BCUT2D eigenvalue weighted by molar-refractivity contribution is 5.46. The second kappa shape index (κ2) is 4.06. The molecule has 3 rings (SSSR count). The van der Waals surface area contributed by atoms with Gasteiger partial charge in [-0.05, 0) is 37.3 Å². The first kappa shape index (κ1) is 10.6. The standard InChI is InChI=1S/C12H9FN4O/c1-8-14-12(18-16-8)11-6-7-17(15-11)10-4-2-9(13)3-5-10/h2-7H,1H3. The topological polar surface area (TPSA) is 56.7 Å². The molecule has 2 heterocycles. The van der Waals surface area contributed by atoms with Crippen molar-refractivity contribution in [1.82, 2.24) is 19.9 Å². The lowest BCUT2D eigenvalue weighted by Gasteiger charge is -1.99. The van der Waals surface area contributed by atoms with Gasteiger partial charge in [0.25, 0.3) is 5.89 Å². The van der Waals surface area contributed by atoms with Crippen LogP contribution in [0.25, 0.3) is 17.3 Å². The van der Waals surface area contributed by atoms with Gasteiger partial charge in [0.2, 0.25) is 0 Å². The Labute approximate surface area is 102 Å². The maximum Gasteiger partial charge on any atom is 0.278 e. The van der Waals surface area contributed by atoms with E-state index in [1.54, 1.807) is 36.0 Å². The predicted octanol–water partition coefficient (Wildman–Crippen LogP) is 2.37. The molecule has 0 aliphatic heterocycles. The minimum atomic E-state index is -0.279. The lowest BCUT2D eigenvalue weighted by molar-refractivity contribution is 0.424. The van der Waals surface area contributed by atoms with Crippen molar-refractivity contribution in [2.24, 2.45) is 0 Å². The second-order valence-electron chi connectivity index (χ2n) is 3.77. The van der Waals surface area contributed by atoms with Crippen LogP contribution in [0.15, 0.2) is 41.1 Å². The fourth-order valence-corrected chi connectivity index (χ4v) is 1.58. The molecule has 1 aromatic carbocycles. The molecule has 0 aliphatic rings. The lowest BCUT2D eigenvalue weighted by atomic mass is 10.3. The van der Waals surface area contributed by atoms with E-state index in [2.05, 4.69) is 15.2 Å². The van der Waals surface area contributed by atoms with Gasteiger partial charge < -0.3 is 4.52 Å². The number of hydrogen-bond donors (Lipinski definition) is 0. The highest BCUT2D eigenvalue weighted by atomic mass is 19.1. The van der Waals surface area contributed by atoms with E-state index in [1.807, 2.05) is 0 Å². The minimum Gasteiger partial charge on any atom is -0.332 e. The van der Waals surface area contributed by atoms with Crippen LogP contribution in [-0.2, 0) is 0 Å². The number of hydrogen-bond acceptors (Lipinski definition) is 4. The molecule has 0 radical (unpaired) electrons. The van der Waals surface area contributed by atoms with E-state index in [9.17, 15) is 4.39 Å². The molecular formula is C12H9FN4O. The van der Waals surface area contributed by atoms with Crippen LogP contribution in [0.5, 0.6) is 0 Å². The first-order chi connectivity index (χ1) is 8.72. The SMILES string of the molecule is Cc1noc(-c2ccn(-c3ccc(F)cc3)n2)n1. The van der Waals surface area contributed by atoms with Crippen LogP contribution < -0.4 is 0 Å². The molecule has 0 saturated carbocycles. The summed E-state index contributed by atoms with van der Waals surface area (Å²) in [6.45, 7) is 1.74. The number of aryl methyl sites for hydroxylation is 1. The monoisotopic (exact) mass is 244 g/mol. The number of benzene rings is 1. The molecule has 0 saturated heterocycles. The predicted molar refractivity (Wildman–Crippen MR) is 61.6 cm³/mol. The summed E-state index contributed by atoms with van der Waals surface area (Å²) in [6.07, 6.45) is 1.75. The Kier molecular flexibility index (Phi) is 2.40. The average Bonchev–Trinajstić information content (AvgIpc) is 2.98. The van der Waals surface area contributed by atoms with Gasteiger partial charge in [-0.25, -0.2) is 9.07 Å². The normalized spacial score (nSPS) is 10.8. The van der Waals surface area contributed by atoms with E-state index in [0.29, 0.717) is 17.4 Å². The number of nitrogens with zero attached hydrogens (tertiary/aromatic N) is 4. The zero-order valence-corrected chi connectivity index (χ0v) is 9.54. The Morgan fingerprint density at radius 1 is 1.17 bits per heavy atom. The quantitative estimate of drug-likeness (QED) is 0.694. The van der Waals surface area contributed by atoms with Crippen molar-refractivity contribution in [1.29, 1.82) is 0 Å². The van der Waals surface area contributed by atoms with E-state index >= 15 is 0 Å². The smallest absolute Gasteiger partial charge is 0.278 e. The fourth-order valence-electron chi connectivity index (χ4n) is 1.58. The summed E-state index contributed by atoms with van der Waals surface area (Å²) in [6, 6.07) is 7.81. The van der Waals surface area contributed by atoms with E-state index in [-0.39, 0.29) is 5.82 Å². The van der Waals surface area contributed by atoms with Crippen LogP contribution in [-0.4, -0.2) is 19.9 Å². The maximum atomic E-state index is 12.8. The molecule has 0 bridgehead atoms. The van der Waals surface area contributed by atoms with Crippen molar-refractivity contribution in [3.63, 3.8) is 0 Å². The van der Waals surface area contributed by atoms with Crippen molar-refractivity contribution in [2.45, 2.75) is 6.92 Å². The molecule has 0 amide bonds. The summed E-state index contributed by atoms with van der Waals surface area (Å²) in [5.41, 5.74) is 1.35. The third kappa shape index (κ3) is 1.88. The first-order valence-corrected chi connectivity index (χ1v) is 5.35. The van der Waals surface area contributed by atoms with Crippen LogP contribution in [0.3, 0.4) is 0 Å². The van der Waals surface area contributed by atoms with E-state index in [4.69, 9.17) is 4.52 Å². The van der Waals surface area contributed by atoms with Gasteiger partial charge in [-0.1, -0.05) is 5.16 Å². The first-order valence-electron chi connectivity index (χ1n) is 5.35. The molecule has 90 valence electrons. The maximum absolute atomic E-state index is 12.8. The summed E-state index contributed by atoms with van der Waals surface area (Å²) in [7, 11) is 0. The summed E-state index contributed by atoms with van der Waals surface area (Å²) in [5.74, 6) is 0.647. The van der Waals surface area contributed by atoms with Crippen LogP contribution >= 0.6 is 0 Å². The molecule has 0 fully saturated rings. The largest absolute Gasteiger partial charge is 0.332 e. The average molecular weight is 244 g/mol. The van der Waals surface area contributed by atoms with Gasteiger partial charge in [0.1, 0.15) is 5.82 Å². The van der Waals surface area contributed by atoms with E-state index < -0.39 is 0 Å². The van der Waals surface area contributed by atoms with Gasteiger partial charge >= 0.3 is 0 Å². The highest BCUT2D eigenvalue weighted by Gasteiger charge is 2.10. The summed E-state index contributed by atoms with van der Waals surface area (Å²) < 4.78 is 19.5. The third-order valence-corrected chi connectivity index (χ3v) is 2.43. The lowest BCUT2D eigenvalue weighted by Crippen LogP contribution is -1.94. The molecule has 6 heteroatoms. The molecule has 0 unspecified atom stereocenters. The Bertz CT molecular complexity index is 671. The van der Waals surface area contributed by atoms with Crippen LogP contribution in [0.4, 0.5) is 4.39 Å². The number of rotatable bonds is 2. The van der Waals surface area contributed by atoms with Crippen molar-refractivity contribution < 1.29 is 8.91 Å². The summed E-state index contributed by atoms with van der Waals surface area (Å²) >= 11 is 0. The van der Waals surface area contributed by atoms with Gasteiger partial charge in [0.05, 0.1) is 5.69 Å². The van der Waals surface area contributed by atoms with Crippen LogP contribution in [0, 0.1) is 12.7 Å². The van der Waals surface area contributed by atoms with Crippen molar-refractivity contribution in [3.05, 3.63) is 48.2 Å². The van der Waals surface area contributed by atoms with Crippen LogP contribution in [0.2, 0.25) is 0 Å². The zero-order chi connectivity index (χ0) is 12.5. The Morgan fingerprint density at radius 2 is 1.94 bits per heavy atom. The third-order valence-electron chi connectivity index (χ3n) is 2.43. The molecule has 0 aliphatic carbocycles. The van der Waals surface area contributed by atoms with E-state index in [1.165, 1.54) is 12.1 Å². The van der Waals surface area contributed by atoms with Gasteiger partial charge in [-0.15, -0.1) is 0 Å². The second-order valence-corrected chi connectivity index (χ2v) is 3.77. The van der Waals surface area contributed by atoms with Gasteiger partial charge in [0.15, 0.2) is 11.5 Å². The molecule has 0 N–H and O–H groups in total. The molecular weight excluding hydrogens is 235 g/mol. The van der Waals surface area contributed by atoms with Crippen molar-refractivity contribution in [2.75, 3.05) is 0 Å². The minimum absolute atomic E-state index is 0.279. The summed E-state index contributed by atoms with van der Waals surface area (Å²) in [5, 5.41) is 7.99. The van der Waals surface area contributed by atoms with Gasteiger partial charge in [-0.3, -0.25) is 0 Å².